The van der Waals surface area contributed by atoms with Crippen LogP contribution in [0.5, 0.6) is 11.5 Å². The summed E-state index contributed by atoms with van der Waals surface area (Å²) in [6.45, 7) is 0. The van der Waals surface area contributed by atoms with E-state index in [-0.39, 0.29) is 24.7 Å². The number of aromatic amines is 1. The number of anilines is 2. The lowest BCUT2D eigenvalue weighted by atomic mass is 9.93. The molecule has 0 saturated heterocycles. The SMILES string of the molecule is N#Cc1ccnc(NC(=O)c2ccc(Oc3ccnc4[nH]nc(N[C@H]5CC[C@H](OC(=O)C(F)(F)F)CC5)c34)cc2)c1. The summed E-state index contributed by atoms with van der Waals surface area (Å²) in [7, 11) is 0. The lowest BCUT2D eigenvalue weighted by Crippen LogP contribution is -2.35. The summed E-state index contributed by atoms with van der Waals surface area (Å²) in [4.78, 5) is 32.0. The third-order valence-electron chi connectivity index (χ3n) is 6.42. The maximum Gasteiger partial charge on any atom is 0.490 e. The second-order valence-corrected chi connectivity index (χ2v) is 9.25. The van der Waals surface area contributed by atoms with Crippen LogP contribution in [0.15, 0.2) is 54.9 Å². The van der Waals surface area contributed by atoms with Gasteiger partial charge in [0.1, 0.15) is 28.8 Å². The monoisotopic (exact) mass is 565 g/mol. The van der Waals surface area contributed by atoms with Crippen molar-refractivity contribution in [1.29, 1.82) is 5.26 Å². The molecule has 210 valence electrons. The maximum atomic E-state index is 12.6. The first-order chi connectivity index (χ1) is 19.7. The van der Waals surface area contributed by atoms with E-state index >= 15 is 0 Å². The van der Waals surface area contributed by atoms with Gasteiger partial charge in [-0.1, -0.05) is 0 Å². The van der Waals surface area contributed by atoms with Crippen molar-refractivity contribution in [2.75, 3.05) is 10.6 Å². The maximum absolute atomic E-state index is 12.6. The third kappa shape index (κ3) is 6.52. The van der Waals surface area contributed by atoms with Crippen molar-refractivity contribution in [3.63, 3.8) is 0 Å². The molecule has 0 bridgehead atoms. The number of carbonyl (C=O) groups is 2. The molecule has 1 aliphatic rings. The number of nitrogens with one attached hydrogen (secondary N) is 3. The van der Waals surface area contributed by atoms with Crippen LogP contribution < -0.4 is 15.4 Å². The summed E-state index contributed by atoms with van der Waals surface area (Å²) in [6.07, 6.45) is -1.32. The quantitative estimate of drug-likeness (QED) is 0.260. The largest absolute Gasteiger partial charge is 0.490 e. The Labute approximate surface area is 230 Å². The molecule has 1 aliphatic carbocycles. The van der Waals surface area contributed by atoms with E-state index in [0.29, 0.717) is 52.3 Å². The van der Waals surface area contributed by atoms with E-state index in [1.807, 2.05) is 6.07 Å². The third-order valence-corrected chi connectivity index (χ3v) is 6.42. The fourth-order valence-electron chi connectivity index (χ4n) is 4.41. The molecular formula is C27H22F3N7O4. The molecule has 0 unspecified atom stereocenters. The number of rotatable bonds is 7. The first kappa shape index (κ1) is 27.4. The van der Waals surface area contributed by atoms with Crippen LogP contribution in [-0.4, -0.2) is 50.4 Å². The van der Waals surface area contributed by atoms with Gasteiger partial charge in [0.25, 0.3) is 5.91 Å². The highest BCUT2D eigenvalue weighted by molar-refractivity contribution is 6.03. The van der Waals surface area contributed by atoms with Gasteiger partial charge in [-0.2, -0.15) is 23.5 Å². The van der Waals surface area contributed by atoms with Crippen LogP contribution in [0, 0.1) is 11.3 Å². The molecule has 41 heavy (non-hydrogen) atoms. The van der Waals surface area contributed by atoms with Gasteiger partial charge < -0.3 is 20.1 Å². The number of hydrogen-bond acceptors (Lipinski definition) is 9. The van der Waals surface area contributed by atoms with E-state index in [4.69, 9.17) is 10.00 Å². The van der Waals surface area contributed by atoms with Crippen molar-refractivity contribution in [1.82, 2.24) is 20.2 Å². The molecule has 0 atom stereocenters. The lowest BCUT2D eigenvalue weighted by molar-refractivity contribution is -0.206. The topological polar surface area (TPSA) is 155 Å². The van der Waals surface area contributed by atoms with Crippen LogP contribution in [0.25, 0.3) is 11.0 Å². The van der Waals surface area contributed by atoms with Crippen LogP contribution in [-0.2, 0) is 9.53 Å². The Morgan fingerprint density at radius 2 is 1.76 bits per heavy atom. The zero-order valence-electron chi connectivity index (χ0n) is 21.2. The molecule has 4 aromatic rings. The van der Waals surface area contributed by atoms with Crippen molar-refractivity contribution in [2.24, 2.45) is 0 Å². The number of benzene rings is 1. The van der Waals surface area contributed by atoms with Crippen molar-refractivity contribution < 1.29 is 32.2 Å². The van der Waals surface area contributed by atoms with Gasteiger partial charge in [-0.05, 0) is 62.1 Å². The van der Waals surface area contributed by atoms with Gasteiger partial charge in [-0.15, -0.1) is 0 Å². The summed E-state index contributed by atoms with van der Waals surface area (Å²) in [5, 5.41) is 22.6. The lowest BCUT2D eigenvalue weighted by Gasteiger charge is -2.29. The Morgan fingerprint density at radius 1 is 1.02 bits per heavy atom. The summed E-state index contributed by atoms with van der Waals surface area (Å²) in [6, 6.07) is 12.9. The van der Waals surface area contributed by atoms with Crippen LogP contribution in [0.3, 0.4) is 0 Å². The van der Waals surface area contributed by atoms with Crippen molar-refractivity contribution in [2.45, 2.75) is 44.0 Å². The van der Waals surface area contributed by atoms with Crippen molar-refractivity contribution >= 4 is 34.5 Å². The highest BCUT2D eigenvalue weighted by Gasteiger charge is 2.42. The zero-order chi connectivity index (χ0) is 29.0. The van der Waals surface area contributed by atoms with E-state index in [1.54, 1.807) is 36.5 Å². The number of carbonyl (C=O) groups excluding carboxylic acids is 2. The minimum atomic E-state index is -5.01. The van der Waals surface area contributed by atoms with E-state index in [1.165, 1.54) is 18.3 Å². The Kier molecular flexibility index (Phi) is 7.68. The minimum absolute atomic E-state index is 0.114. The number of esters is 1. The number of ether oxygens (including phenoxy) is 2. The van der Waals surface area contributed by atoms with Gasteiger partial charge in [0.2, 0.25) is 0 Å². The van der Waals surface area contributed by atoms with Gasteiger partial charge >= 0.3 is 12.1 Å². The number of nitriles is 1. The molecule has 3 N–H and O–H groups in total. The highest BCUT2D eigenvalue weighted by Crippen LogP contribution is 2.35. The van der Waals surface area contributed by atoms with E-state index in [0.717, 1.165) is 0 Å². The Morgan fingerprint density at radius 3 is 2.46 bits per heavy atom. The summed E-state index contributed by atoms with van der Waals surface area (Å²) >= 11 is 0. The Bertz CT molecular complexity index is 1610. The number of halogens is 3. The molecule has 11 nitrogen and oxygen atoms in total. The highest BCUT2D eigenvalue weighted by atomic mass is 19.4. The number of alkyl halides is 3. The van der Waals surface area contributed by atoms with Crippen LogP contribution in [0.4, 0.5) is 24.8 Å². The molecule has 1 fully saturated rings. The van der Waals surface area contributed by atoms with Gasteiger partial charge in [0.05, 0.1) is 11.6 Å². The number of nitrogens with zero attached hydrogens (tertiary/aromatic N) is 4. The summed E-state index contributed by atoms with van der Waals surface area (Å²) in [5.41, 5.74) is 1.18. The molecular weight excluding hydrogens is 543 g/mol. The second kappa shape index (κ2) is 11.5. The predicted octanol–water partition coefficient (Wildman–Crippen LogP) is 5.10. The van der Waals surface area contributed by atoms with Gasteiger partial charge in [0.15, 0.2) is 11.5 Å². The second-order valence-electron chi connectivity index (χ2n) is 9.25. The van der Waals surface area contributed by atoms with Gasteiger partial charge in [-0.3, -0.25) is 9.89 Å². The van der Waals surface area contributed by atoms with Crippen LogP contribution >= 0.6 is 0 Å². The summed E-state index contributed by atoms with van der Waals surface area (Å²) < 4.78 is 48.1. The first-order valence-electron chi connectivity index (χ1n) is 12.5. The molecule has 1 saturated carbocycles. The average molecular weight is 566 g/mol. The normalized spacial score (nSPS) is 16.9. The number of amides is 1. The molecule has 14 heteroatoms. The number of hydrogen-bond donors (Lipinski definition) is 3. The van der Waals surface area contributed by atoms with E-state index in [9.17, 15) is 22.8 Å². The fraction of sp³-hybridized carbons (Fsp3) is 0.259. The number of pyridine rings is 2. The molecule has 1 amide bonds. The van der Waals surface area contributed by atoms with Crippen LogP contribution in [0.1, 0.15) is 41.6 Å². The number of H-pyrrole nitrogens is 1. The standard InChI is InChI=1S/C27H22F3N7O4/c28-27(29,30)26(39)41-19-7-3-17(4-8-19)34-24-22-20(10-12-33-23(22)36-37-24)40-18-5-1-16(2-6-18)25(38)35-21-13-15(14-31)9-11-32-21/h1-2,5-6,9-13,17,19H,3-4,7-8H2,(H,32,35,38)(H2,33,34,36,37)/t17-,19-. The van der Waals surface area contributed by atoms with Crippen molar-refractivity contribution in [3.05, 3.63) is 66.0 Å². The minimum Gasteiger partial charge on any atom is -0.456 e. The molecule has 1 aromatic carbocycles. The molecule has 0 spiro atoms. The van der Waals surface area contributed by atoms with Gasteiger partial charge in [-0.25, -0.2) is 14.8 Å². The van der Waals surface area contributed by atoms with E-state index in [2.05, 4.69) is 35.5 Å². The predicted molar refractivity (Wildman–Crippen MR) is 139 cm³/mol. The van der Waals surface area contributed by atoms with Crippen molar-refractivity contribution in [3.8, 4) is 17.6 Å². The smallest absolute Gasteiger partial charge is 0.456 e. The first-order valence-corrected chi connectivity index (χ1v) is 12.5. The molecule has 3 heterocycles. The van der Waals surface area contributed by atoms with E-state index < -0.39 is 24.2 Å². The zero-order valence-corrected chi connectivity index (χ0v) is 21.2. The Hall–Kier alpha value is -5.19. The molecule has 0 aliphatic heterocycles. The number of aromatic nitrogens is 4. The molecule has 5 rings (SSSR count). The van der Waals surface area contributed by atoms with Gasteiger partial charge in [0, 0.05) is 30.1 Å². The average Bonchev–Trinajstić information content (AvgIpc) is 3.37. The molecule has 3 aromatic heterocycles. The molecule has 0 radical (unpaired) electrons. The fourth-order valence-corrected chi connectivity index (χ4v) is 4.41. The number of fused-ring (bicyclic) bond motifs is 1. The Balaban J connectivity index is 1.23. The summed E-state index contributed by atoms with van der Waals surface area (Å²) in [5.74, 6) is -0.983. The van der Waals surface area contributed by atoms with Crippen LogP contribution in [0.2, 0.25) is 0 Å².